The lowest BCUT2D eigenvalue weighted by molar-refractivity contribution is 0.0697. The molecular formula is C19H19ClN2O2. The Morgan fingerprint density at radius 1 is 0.875 bits per heavy atom. The monoisotopic (exact) mass is 342 g/mol. The van der Waals surface area contributed by atoms with E-state index in [4.69, 9.17) is 16.7 Å². The highest BCUT2D eigenvalue weighted by molar-refractivity contribution is 6.33. The number of benzene rings is 2. The largest absolute Gasteiger partial charge is 0.478 e. The number of rotatable bonds is 2. The number of aromatic nitrogens is 2. The van der Waals surface area contributed by atoms with Gasteiger partial charge in [-0.15, -0.1) is 0 Å². The second-order valence-electron chi connectivity index (χ2n) is 4.22. The highest BCUT2D eigenvalue weighted by Gasteiger charge is 2.02. The normalized spacial score (nSPS) is 8.96. The molecule has 4 nitrogen and oxygen atoms in total. The molecule has 2 aromatic carbocycles. The average Bonchev–Trinajstić information content (AvgIpc) is 2.66. The van der Waals surface area contributed by atoms with Gasteiger partial charge in [-0.1, -0.05) is 55.8 Å². The highest BCUT2D eigenvalue weighted by atomic mass is 35.5. The van der Waals surface area contributed by atoms with E-state index in [1.54, 1.807) is 48.8 Å². The molecule has 1 aromatic heterocycles. The minimum Gasteiger partial charge on any atom is -0.478 e. The van der Waals surface area contributed by atoms with Crippen molar-refractivity contribution < 1.29 is 9.90 Å². The number of hydrogen-bond acceptors (Lipinski definition) is 3. The van der Waals surface area contributed by atoms with Gasteiger partial charge in [-0.2, -0.15) is 0 Å². The fourth-order valence-electron chi connectivity index (χ4n) is 1.66. The van der Waals surface area contributed by atoms with E-state index in [9.17, 15) is 4.79 Å². The molecule has 3 rings (SSSR count). The molecule has 3 aromatic rings. The average molecular weight is 343 g/mol. The Bertz CT molecular complexity index is 735. The van der Waals surface area contributed by atoms with Gasteiger partial charge in [0.2, 0.25) is 0 Å². The third-order valence-electron chi connectivity index (χ3n) is 2.70. The Hall–Kier alpha value is -2.72. The molecule has 5 heteroatoms. The van der Waals surface area contributed by atoms with E-state index >= 15 is 0 Å². The van der Waals surface area contributed by atoms with Crippen LogP contribution in [0.15, 0.2) is 73.1 Å². The topological polar surface area (TPSA) is 63.1 Å². The van der Waals surface area contributed by atoms with Crippen LogP contribution in [-0.4, -0.2) is 21.0 Å². The second-order valence-corrected chi connectivity index (χ2v) is 4.63. The van der Waals surface area contributed by atoms with Crippen molar-refractivity contribution in [3.8, 4) is 11.4 Å². The first-order chi connectivity index (χ1) is 11.7. The zero-order valence-electron chi connectivity index (χ0n) is 13.6. The van der Waals surface area contributed by atoms with Crippen LogP contribution in [0.3, 0.4) is 0 Å². The molecule has 1 heterocycles. The number of carbonyl (C=O) groups is 1. The van der Waals surface area contributed by atoms with Gasteiger partial charge in [0, 0.05) is 18.0 Å². The summed E-state index contributed by atoms with van der Waals surface area (Å²) in [5.41, 5.74) is 1.20. The summed E-state index contributed by atoms with van der Waals surface area (Å²) in [5.74, 6) is -0.219. The summed E-state index contributed by atoms with van der Waals surface area (Å²) >= 11 is 5.98. The SMILES string of the molecule is CC.Clc1ccccc1-c1ncccn1.O=C(O)c1ccccc1. The van der Waals surface area contributed by atoms with E-state index in [0.717, 1.165) is 5.56 Å². The third kappa shape index (κ3) is 6.18. The van der Waals surface area contributed by atoms with Gasteiger partial charge in [0.05, 0.1) is 10.6 Å². The Morgan fingerprint density at radius 3 is 1.92 bits per heavy atom. The second kappa shape index (κ2) is 10.9. The van der Waals surface area contributed by atoms with Gasteiger partial charge in [-0.05, 0) is 30.3 Å². The van der Waals surface area contributed by atoms with Gasteiger partial charge in [-0.3, -0.25) is 0 Å². The van der Waals surface area contributed by atoms with Crippen molar-refractivity contribution in [2.75, 3.05) is 0 Å². The zero-order valence-corrected chi connectivity index (χ0v) is 14.3. The fraction of sp³-hybridized carbons (Fsp3) is 0.105. The molecule has 0 aliphatic rings. The molecule has 0 fully saturated rings. The molecule has 0 aliphatic heterocycles. The predicted octanol–water partition coefficient (Wildman–Crippen LogP) is 5.21. The van der Waals surface area contributed by atoms with Crippen LogP contribution >= 0.6 is 11.6 Å². The molecule has 0 amide bonds. The first kappa shape index (κ1) is 19.3. The number of aromatic carboxylic acids is 1. The Balaban J connectivity index is 0.000000230. The number of nitrogens with zero attached hydrogens (tertiary/aromatic N) is 2. The van der Waals surface area contributed by atoms with Crippen LogP contribution in [0.4, 0.5) is 0 Å². The molecule has 124 valence electrons. The van der Waals surface area contributed by atoms with Gasteiger partial charge < -0.3 is 5.11 Å². The van der Waals surface area contributed by atoms with Gasteiger partial charge in [0.1, 0.15) is 0 Å². The van der Waals surface area contributed by atoms with Crippen LogP contribution in [-0.2, 0) is 0 Å². The number of carboxylic acids is 1. The third-order valence-corrected chi connectivity index (χ3v) is 3.03. The summed E-state index contributed by atoms with van der Waals surface area (Å²) in [6, 6.07) is 17.6. The van der Waals surface area contributed by atoms with Gasteiger partial charge in [0.25, 0.3) is 0 Å². The Labute approximate surface area is 146 Å². The van der Waals surface area contributed by atoms with Crippen LogP contribution in [0.1, 0.15) is 24.2 Å². The smallest absolute Gasteiger partial charge is 0.335 e. The van der Waals surface area contributed by atoms with E-state index in [1.165, 1.54) is 0 Å². The molecule has 1 N–H and O–H groups in total. The molecule has 0 saturated heterocycles. The van der Waals surface area contributed by atoms with E-state index in [2.05, 4.69) is 9.97 Å². The molecule has 0 aliphatic carbocycles. The molecule has 24 heavy (non-hydrogen) atoms. The summed E-state index contributed by atoms with van der Waals surface area (Å²) < 4.78 is 0. The lowest BCUT2D eigenvalue weighted by Crippen LogP contribution is -1.93. The molecule has 0 saturated carbocycles. The maximum atomic E-state index is 10.2. The van der Waals surface area contributed by atoms with Crippen molar-refractivity contribution in [1.29, 1.82) is 0 Å². The molecule has 0 atom stereocenters. The van der Waals surface area contributed by atoms with E-state index < -0.39 is 5.97 Å². The lowest BCUT2D eigenvalue weighted by Gasteiger charge is -2.00. The molecule has 0 bridgehead atoms. The summed E-state index contributed by atoms with van der Waals surface area (Å²) in [6.45, 7) is 4.00. The standard InChI is InChI=1S/C10H7ClN2.C7H6O2.C2H6/c11-9-5-2-1-4-8(9)10-12-6-3-7-13-10;8-7(9)6-4-2-1-3-5-6;1-2/h1-7H;1-5H,(H,8,9);1-2H3. The van der Waals surface area contributed by atoms with Crippen molar-refractivity contribution in [1.82, 2.24) is 9.97 Å². The van der Waals surface area contributed by atoms with Crippen molar-refractivity contribution in [2.24, 2.45) is 0 Å². The van der Waals surface area contributed by atoms with Crippen molar-refractivity contribution in [3.05, 3.63) is 83.6 Å². The van der Waals surface area contributed by atoms with Crippen molar-refractivity contribution >= 4 is 17.6 Å². The quantitative estimate of drug-likeness (QED) is 0.694. The van der Waals surface area contributed by atoms with Gasteiger partial charge in [-0.25, -0.2) is 14.8 Å². The fourth-order valence-corrected chi connectivity index (χ4v) is 1.88. The first-order valence-corrected chi connectivity index (χ1v) is 7.86. The number of halogens is 1. The zero-order chi connectivity index (χ0) is 17.8. The number of hydrogen-bond donors (Lipinski definition) is 1. The molecular weight excluding hydrogens is 324 g/mol. The van der Waals surface area contributed by atoms with Crippen LogP contribution in [0.5, 0.6) is 0 Å². The minimum atomic E-state index is -0.879. The Morgan fingerprint density at radius 2 is 1.42 bits per heavy atom. The van der Waals surface area contributed by atoms with Crippen molar-refractivity contribution in [2.45, 2.75) is 13.8 Å². The summed E-state index contributed by atoms with van der Waals surface area (Å²) in [6.07, 6.45) is 3.40. The van der Waals surface area contributed by atoms with Gasteiger partial charge >= 0.3 is 5.97 Å². The predicted molar refractivity (Wildman–Crippen MR) is 97.2 cm³/mol. The number of carboxylic acid groups (broad SMARTS) is 1. The molecule has 0 radical (unpaired) electrons. The minimum absolute atomic E-state index is 0.331. The van der Waals surface area contributed by atoms with E-state index in [-0.39, 0.29) is 0 Å². The van der Waals surface area contributed by atoms with Gasteiger partial charge in [0.15, 0.2) is 5.82 Å². The van der Waals surface area contributed by atoms with Crippen LogP contribution < -0.4 is 0 Å². The van der Waals surface area contributed by atoms with Crippen molar-refractivity contribution in [3.63, 3.8) is 0 Å². The highest BCUT2D eigenvalue weighted by Crippen LogP contribution is 2.23. The van der Waals surface area contributed by atoms with E-state index in [1.807, 2.05) is 38.1 Å². The van der Waals surface area contributed by atoms with E-state index in [0.29, 0.717) is 16.4 Å². The van der Waals surface area contributed by atoms with Crippen LogP contribution in [0.25, 0.3) is 11.4 Å². The first-order valence-electron chi connectivity index (χ1n) is 7.49. The summed E-state index contributed by atoms with van der Waals surface area (Å²) in [5, 5.41) is 9.06. The van der Waals surface area contributed by atoms with Crippen LogP contribution in [0, 0.1) is 0 Å². The Kier molecular flexibility index (Phi) is 8.79. The summed E-state index contributed by atoms with van der Waals surface area (Å²) in [7, 11) is 0. The molecule has 0 spiro atoms. The lowest BCUT2D eigenvalue weighted by atomic mass is 10.2. The maximum Gasteiger partial charge on any atom is 0.335 e. The van der Waals surface area contributed by atoms with Crippen LogP contribution in [0.2, 0.25) is 5.02 Å². The summed E-state index contributed by atoms with van der Waals surface area (Å²) in [4.78, 5) is 18.4. The maximum absolute atomic E-state index is 10.2. The molecule has 0 unspecified atom stereocenters.